The zero-order valence-corrected chi connectivity index (χ0v) is 13.4. The van der Waals surface area contributed by atoms with E-state index >= 15 is 0 Å². The standard InChI is InChI=1S/C18H15N3OS/c1-12-8-14(6-7-19-12)20-10-18-21-15(11-23-18)17-9-13-4-2-3-5-16(13)22-17/h2-9,11H,10H2,1H3,(H,19,20). The Morgan fingerprint density at radius 3 is 2.96 bits per heavy atom. The number of rotatable bonds is 4. The summed E-state index contributed by atoms with van der Waals surface area (Å²) in [7, 11) is 0. The highest BCUT2D eigenvalue weighted by atomic mass is 32.1. The molecule has 23 heavy (non-hydrogen) atoms. The minimum absolute atomic E-state index is 0.689. The average molecular weight is 321 g/mol. The molecule has 0 aliphatic carbocycles. The zero-order chi connectivity index (χ0) is 15.6. The Kier molecular flexibility index (Phi) is 3.55. The summed E-state index contributed by atoms with van der Waals surface area (Å²) in [6.07, 6.45) is 1.80. The minimum atomic E-state index is 0.689. The number of thiazole rings is 1. The van der Waals surface area contributed by atoms with Crippen LogP contribution >= 0.6 is 11.3 Å². The number of aryl methyl sites for hydroxylation is 1. The molecule has 0 saturated carbocycles. The molecule has 4 aromatic rings. The maximum absolute atomic E-state index is 5.86. The summed E-state index contributed by atoms with van der Waals surface area (Å²) in [5, 5.41) is 7.53. The van der Waals surface area contributed by atoms with E-state index in [1.807, 2.05) is 54.8 Å². The fourth-order valence-corrected chi connectivity index (χ4v) is 3.17. The van der Waals surface area contributed by atoms with Crippen LogP contribution in [-0.2, 0) is 6.54 Å². The molecule has 4 nitrogen and oxygen atoms in total. The van der Waals surface area contributed by atoms with Crippen LogP contribution in [0, 0.1) is 6.92 Å². The predicted octanol–water partition coefficient (Wildman–Crippen LogP) is 4.87. The van der Waals surface area contributed by atoms with Crippen LogP contribution in [-0.4, -0.2) is 9.97 Å². The zero-order valence-electron chi connectivity index (χ0n) is 12.6. The molecule has 1 N–H and O–H groups in total. The Morgan fingerprint density at radius 2 is 2.09 bits per heavy atom. The van der Waals surface area contributed by atoms with Crippen molar-refractivity contribution in [2.45, 2.75) is 13.5 Å². The van der Waals surface area contributed by atoms with Gasteiger partial charge in [-0.05, 0) is 31.2 Å². The van der Waals surface area contributed by atoms with Crippen molar-refractivity contribution in [3.63, 3.8) is 0 Å². The van der Waals surface area contributed by atoms with Crippen molar-refractivity contribution >= 4 is 28.0 Å². The monoisotopic (exact) mass is 321 g/mol. The molecule has 0 atom stereocenters. The third-order valence-corrected chi connectivity index (χ3v) is 4.42. The van der Waals surface area contributed by atoms with Crippen LogP contribution in [0.1, 0.15) is 10.7 Å². The van der Waals surface area contributed by atoms with E-state index in [1.54, 1.807) is 17.5 Å². The van der Waals surface area contributed by atoms with Gasteiger partial charge in [-0.3, -0.25) is 4.98 Å². The summed E-state index contributed by atoms with van der Waals surface area (Å²) >= 11 is 1.63. The number of nitrogens with one attached hydrogen (secondary N) is 1. The molecule has 0 saturated heterocycles. The number of furan rings is 1. The first-order valence-corrected chi connectivity index (χ1v) is 8.26. The molecular weight excluding hydrogens is 306 g/mol. The van der Waals surface area contributed by atoms with Gasteiger partial charge in [0.05, 0.1) is 6.54 Å². The molecule has 0 aliphatic rings. The number of hydrogen-bond donors (Lipinski definition) is 1. The number of para-hydroxylation sites is 1. The normalized spacial score (nSPS) is 11.0. The number of anilines is 1. The number of pyridine rings is 1. The Hall–Kier alpha value is -2.66. The summed E-state index contributed by atoms with van der Waals surface area (Å²) in [5.74, 6) is 0.813. The van der Waals surface area contributed by atoms with E-state index < -0.39 is 0 Å². The lowest BCUT2D eigenvalue weighted by Crippen LogP contribution is -1.99. The van der Waals surface area contributed by atoms with E-state index in [2.05, 4.69) is 15.3 Å². The van der Waals surface area contributed by atoms with E-state index in [-0.39, 0.29) is 0 Å². The molecule has 0 fully saturated rings. The third kappa shape index (κ3) is 2.96. The van der Waals surface area contributed by atoms with Crippen molar-refractivity contribution < 1.29 is 4.42 Å². The Labute approximate surface area is 137 Å². The van der Waals surface area contributed by atoms with Crippen LogP contribution in [0.3, 0.4) is 0 Å². The van der Waals surface area contributed by atoms with Crippen LogP contribution in [0.25, 0.3) is 22.4 Å². The van der Waals surface area contributed by atoms with E-state index in [0.29, 0.717) is 6.54 Å². The lowest BCUT2D eigenvalue weighted by atomic mass is 10.2. The quantitative estimate of drug-likeness (QED) is 0.582. The third-order valence-electron chi connectivity index (χ3n) is 3.57. The van der Waals surface area contributed by atoms with Crippen molar-refractivity contribution in [2.75, 3.05) is 5.32 Å². The fourth-order valence-electron chi connectivity index (χ4n) is 2.45. The lowest BCUT2D eigenvalue weighted by molar-refractivity contribution is 0.629. The maximum Gasteiger partial charge on any atom is 0.154 e. The molecule has 3 heterocycles. The summed E-state index contributed by atoms with van der Waals surface area (Å²) in [5.41, 5.74) is 3.83. The molecule has 0 bridgehead atoms. The average Bonchev–Trinajstić information content (AvgIpc) is 3.19. The maximum atomic E-state index is 5.86. The molecule has 0 spiro atoms. The Morgan fingerprint density at radius 1 is 1.17 bits per heavy atom. The van der Waals surface area contributed by atoms with Gasteiger partial charge in [-0.1, -0.05) is 18.2 Å². The van der Waals surface area contributed by atoms with Gasteiger partial charge in [0.15, 0.2) is 5.76 Å². The summed E-state index contributed by atoms with van der Waals surface area (Å²) in [6, 6.07) is 14.0. The van der Waals surface area contributed by atoms with E-state index in [4.69, 9.17) is 4.42 Å². The molecular formula is C18H15N3OS. The fraction of sp³-hybridized carbons (Fsp3) is 0.111. The SMILES string of the molecule is Cc1cc(NCc2nc(-c3cc4ccccc4o3)cs2)ccn1. The Balaban J connectivity index is 1.52. The molecule has 0 aliphatic heterocycles. The molecule has 114 valence electrons. The van der Waals surface area contributed by atoms with Crippen molar-refractivity contribution in [1.29, 1.82) is 0 Å². The van der Waals surface area contributed by atoms with Crippen molar-refractivity contribution in [2.24, 2.45) is 0 Å². The number of nitrogens with zero attached hydrogens (tertiary/aromatic N) is 2. The molecule has 0 radical (unpaired) electrons. The largest absolute Gasteiger partial charge is 0.454 e. The van der Waals surface area contributed by atoms with E-state index in [9.17, 15) is 0 Å². The van der Waals surface area contributed by atoms with Crippen LogP contribution in [0.15, 0.2) is 58.5 Å². The van der Waals surface area contributed by atoms with Crippen LogP contribution < -0.4 is 5.32 Å². The van der Waals surface area contributed by atoms with Gasteiger partial charge in [-0.2, -0.15) is 0 Å². The van der Waals surface area contributed by atoms with Crippen LogP contribution in [0.2, 0.25) is 0 Å². The summed E-state index contributed by atoms with van der Waals surface area (Å²) in [6.45, 7) is 2.67. The van der Waals surface area contributed by atoms with Crippen molar-refractivity contribution in [1.82, 2.24) is 9.97 Å². The topological polar surface area (TPSA) is 51.0 Å². The minimum Gasteiger partial charge on any atom is -0.454 e. The highest BCUT2D eigenvalue weighted by molar-refractivity contribution is 7.09. The van der Waals surface area contributed by atoms with Gasteiger partial charge < -0.3 is 9.73 Å². The van der Waals surface area contributed by atoms with Gasteiger partial charge in [0.1, 0.15) is 16.3 Å². The molecule has 1 aromatic carbocycles. The molecule has 4 rings (SSSR count). The molecule has 5 heteroatoms. The summed E-state index contributed by atoms with van der Waals surface area (Å²) < 4.78 is 5.86. The van der Waals surface area contributed by atoms with Crippen molar-refractivity contribution in [3.8, 4) is 11.5 Å². The van der Waals surface area contributed by atoms with Gasteiger partial charge in [-0.25, -0.2) is 4.98 Å². The second kappa shape index (κ2) is 5.85. The van der Waals surface area contributed by atoms with Gasteiger partial charge in [0, 0.05) is 28.3 Å². The summed E-state index contributed by atoms with van der Waals surface area (Å²) in [4.78, 5) is 8.85. The van der Waals surface area contributed by atoms with Crippen molar-refractivity contribution in [3.05, 3.63) is 64.7 Å². The number of fused-ring (bicyclic) bond motifs is 1. The van der Waals surface area contributed by atoms with Gasteiger partial charge in [-0.15, -0.1) is 11.3 Å². The van der Waals surface area contributed by atoms with Gasteiger partial charge in [0.25, 0.3) is 0 Å². The highest BCUT2D eigenvalue weighted by Crippen LogP contribution is 2.28. The molecule has 0 amide bonds. The Bertz CT molecular complexity index is 924. The smallest absolute Gasteiger partial charge is 0.154 e. The predicted molar refractivity (Wildman–Crippen MR) is 93.6 cm³/mol. The van der Waals surface area contributed by atoms with E-state index in [1.165, 1.54) is 0 Å². The second-order valence-electron chi connectivity index (χ2n) is 5.31. The highest BCUT2D eigenvalue weighted by Gasteiger charge is 2.10. The second-order valence-corrected chi connectivity index (χ2v) is 6.26. The first kappa shape index (κ1) is 14.0. The first-order chi connectivity index (χ1) is 11.3. The van der Waals surface area contributed by atoms with Gasteiger partial charge in [0.2, 0.25) is 0 Å². The number of aromatic nitrogens is 2. The van der Waals surface area contributed by atoms with Crippen LogP contribution in [0.4, 0.5) is 5.69 Å². The molecule has 3 aromatic heterocycles. The van der Waals surface area contributed by atoms with Gasteiger partial charge >= 0.3 is 0 Å². The molecule has 0 unspecified atom stereocenters. The number of benzene rings is 1. The lowest BCUT2D eigenvalue weighted by Gasteiger charge is -2.04. The van der Waals surface area contributed by atoms with Crippen LogP contribution in [0.5, 0.6) is 0 Å². The first-order valence-electron chi connectivity index (χ1n) is 7.38. The van der Waals surface area contributed by atoms with E-state index in [0.717, 1.165) is 38.8 Å². The number of hydrogen-bond acceptors (Lipinski definition) is 5.